The van der Waals surface area contributed by atoms with E-state index in [-0.39, 0.29) is 23.6 Å². The summed E-state index contributed by atoms with van der Waals surface area (Å²) in [6, 6.07) is 14.8. The number of hydrogen-bond acceptors (Lipinski definition) is 4. The zero-order valence-electron chi connectivity index (χ0n) is 14.3. The number of benzene rings is 2. The molecule has 0 N–H and O–H groups in total. The molecule has 0 aliphatic rings. The molecular formula is C20H21ClO4. The minimum atomic E-state index is -0.176. The van der Waals surface area contributed by atoms with Crippen molar-refractivity contribution >= 4 is 23.4 Å². The third-order valence-corrected chi connectivity index (χ3v) is 3.84. The van der Waals surface area contributed by atoms with Crippen molar-refractivity contribution < 1.29 is 13.9 Å². The standard InChI is InChI=1S/C20H20O4.ClH/c1-3-4-13-23-20-17(21)15-11-8-12-16(22-2)19(15)24-18(20)14-9-6-5-7-10-14;/h5-12H,3-4,13H2,1-2H3;1H. The predicted octanol–water partition coefficient (Wildman–Crippen LogP) is 5.07. The van der Waals surface area contributed by atoms with Crippen LogP contribution in [-0.2, 0) is 0 Å². The Morgan fingerprint density at radius 2 is 1.80 bits per heavy atom. The summed E-state index contributed by atoms with van der Waals surface area (Å²) >= 11 is 0. The first-order valence-corrected chi connectivity index (χ1v) is 8.08. The molecule has 0 saturated heterocycles. The van der Waals surface area contributed by atoms with Crippen LogP contribution in [0.4, 0.5) is 0 Å². The van der Waals surface area contributed by atoms with Gasteiger partial charge in [0.15, 0.2) is 17.1 Å². The average Bonchev–Trinajstić information content (AvgIpc) is 2.63. The number of hydrogen-bond donors (Lipinski definition) is 0. The Morgan fingerprint density at radius 3 is 2.48 bits per heavy atom. The summed E-state index contributed by atoms with van der Waals surface area (Å²) in [6.45, 7) is 2.56. The number of fused-ring (bicyclic) bond motifs is 1. The number of rotatable bonds is 6. The smallest absolute Gasteiger partial charge is 0.235 e. The van der Waals surface area contributed by atoms with Crippen molar-refractivity contribution in [2.75, 3.05) is 13.7 Å². The second kappa shape index (κ2) is 8.58. The Balaban J connectivity index is 0.00000225. The molecule has 0 atom stereocenters. The maximum absolute atomic E-state index is 12.9. The van der Waals surface area contributed by atoms with E-state index in [1.54, 1.807) is 25.3 Å². The van der Waals surface area contributed by atoms with E-state index in [0.717, 1.165) is 18.4 Å². The van der Waals surface area contributed by atoms with Crippen LogP contribution >= 0.6 is 12.4 Å². The van der Waals surface area contributed by atoms with E-state index in [2.05, 4.69) is 6.92 Å². The molecule has 1 heterocycles. The van der Waals surface area contributed by atoms with Gasteiger partial charge in [-0.15, -0.1) is 12.4 Å². The van der Waals surface area contributed by atoms with Crippen molar-refractivity contribution in [1.82, 2.24) is 0 Å². The Bertz CT molecular complexity index is 887. The number of para-hydroxylation sites is 1. The lowest BCUT2D eigenvalue weighted by atomic mass is 10.1. The van der Waals surface area contributed by atoms with Crippen LogP contribution in [0, 0.1) is 0 Å². The van der Waals surface area contributed by atoms with Crippen LogP contribution in [0.15, 0.2) is 57.7 Å². The lowest BCUT2D eigenvalue weighted by molar-refractivity contribution is 0.301. The molecule has 0 amide bonds. The van der Waals surface area contributed by atoms with E-state index in [9.17, 15) is 4.79 Å². The molecule has 3 rings (SSSR count). The van der Waals surface area contributed by atoms with Crippen LogP contribution in [0.5, 0.6) is 11.5 Å². The number of ether oxygens (including phenoxy) is 2. The molecule has 2 aromatic carbocycles. The second-order valence-electron chi connectivity index (χ2n) is 5.49. The van der Waals surface area contributed by atoms with Crippen molar-refractivity contribution in [3.8, 4) is 22.8 Å². The lowest BCUT2D eigenvalue weighted by Gasteiger charge is -2.12. The Hall–Kier alpha value is -2.46. The molecule has 0 spiro atoms. The van der Waals surface area contributed by atoms with Crippen LogP contribution in [-0.4, -0.2) is 13.7 Å². The van der Waals surface area contributed by atoms with Gasteiger partial charge in [0, 0.05) is 5.56 Å². The van der Waals surface area contributed by atoms with Crippen molar-refractivity contribution in [3.05, 3.63) is 58.8 Å². The molecule has 132 valence electrons. The summed E-state index contributed by atoms with van der Waals surface area (Å²) < 4.78 is 17.2. The van der Waals surface area contributed by atoms with Gasteiger partial charge in [-0.1, -0.05) is 49.7 Å². The van der Waals surface area contributed by atoms with E-state index < -0.39 is 0 Å². The second-order valence-corrected chi connectivity index (χ2v) is 5.49. The van der Waals surface area contributed by atoms with Crippen LogP contribution in [0.2, 0.25) is 0 Å². The molecule has 4 nitrogen and oxygen atoms in total. The highest BCUT2D eigenvalue weighted by Crippen LogP contribution is 2.34. The fourth-order valence-electron chi connectivity index (χ4n) is 2.56. The number of halogens is 1. The van der Waals surface area contributed by atoms with Gasteiger partial charge in [-0.3, -0.25) is 4.79 Å². The zero-order valence-corrected chi connectivity index (χ0v) is 15.1. The van der Waals surface area contributed by atoms with Crippen LogP contribution in [0.1, 0.15) is 19.8 Å². The van der Waals surface area contributed by atoms with Gasteiger partial charge in [0.1, 0.15) is 0 Å². The molecule has 0 aliphatic heterocycles. The minimum Gasteiger partial charge on any atom is -0.493 e. The van der Waals surface area contributed by atoms with Crippen molar-refractivity contribution in [2.45, 2.75) is 19.8 Å². The first kappa shape index (κ1) is 18.9. The maximum atomic E-state index is 12.9. The monoisotopic (exact) mass is 360 g/mol. The molecule has 0 fully saturated rings. The maximum Gasteiger partial charge on any atom is 0.235 e. The fraction of sp³-hybridized carbons (Fsp3) is 0.250. The SMILES string of the molecule is CCCCOc1c(-c2ccccc2)oc2c(OC)cccc2c1=O.Cl. The highest BCUT2D eigenvalue weighted by molar-refractivity contribution is 5.86. The molecule has 25 heavy (non-hydrogen) atoms. The van der Waals surface area contributed by atoms with Gasteiger partial charge in [0.2, 0.25) is 11.2 Å². The molecule has 0 aliphatic carbocycles. The summed E-state index contributed by atoms with van der Waals surface area (Å²) in [7, 11) is 1.56. The first-order chi connectivity index (χ1) is 11.8. The molecule has 0 radical (unpaired) electrons. The number of unbranched alkanes of at least 4 members (excludes halogenated alkanes) is 1. The third kappa shape index (κ3) is 3.80. The first-order valence-electron chi connectivity index (χ1n) is 8.08. The van der Waals surface area contributed by atoms with Crippen molar-refractivity contribution in [3.63, 3.8) is 0 Å². The van der Waals surface area contributed by atoms with E-state index in [4.69, 9.17) is 13.9 Å². The van der Waals surface area contributed by atoms with Crippen molar-refractivity contribution in [2.24, 2.45) is 0 Å². The zero-order chi connectivity index (χ0) is 16.9. The van der Waals surface area contributed by atoms with Crippen LogP contribution < -0.4 is 14.9 Å². The Kier molecular flexibility index (Phi) is 6.48. The van der Waals surface area contributed by atoms with Gasteiger partial charge >= 0.3 is 0 Å². The van der Waals surface area contributed by atoms with E-state index in [1.807, 2.05) is 30.3 Å². The predicted molar refractivity (Wildman–Crippen MR) is 102 cm³/mol. The molecule has 0 unspecified atom stereocenters. The number of methoxy groups -OCH3 is 1. The molecule has 0 bridgehead atoms. The summed E-state index contributed by atoms with van der Waals surface area (Å²) in [5, 5.41) is 0.459. The molecule has 5 heteroatoms. The van der Waals surface area contributed by atoms with E-state index in [1.165, 1.54) is 0 Å². The summed E-state index contributed by atoms with van der Waals surface area (Å²) in [5.41, 5.74) is 1.06. The van der Waals surface area contributed by atoms with Gasteiger partial charge in [-0.05, 0) is 18.6 Å². The van der Waals surface area contributed by atoms with Gasteiger partial charge in [0.05, 0.1) is 19.1 Å². The topological polar surface area (TPSA) is 48.7 Å². The van der Waals surface area contributed by atoms with Gasteiger partial charge in [-0.25, -0.2) is 0 Å². The van der Waals surface area contributed by atoms with Gasteiger partial charge < -0.3 is 13.9 Å². The molecule has 3 aromatic rings. The summed E-state index contributed by atoms with van der Waals surface area (Å²) in [6.07, 6.45) is 1.87. The molecular weight excluding hydrogens is 340 g/mol. The van der Waals surface area contributed by atoms with Gasteiger partial charge in [-0.2, -0.15) is 0 Å². The largest absolute Gasteiger partial charge is 0.493 e. The van der Waals surface area contributed by atoms with Crippen molar-refractivity contribution in [1.29, 1.82) is 0 Å². The van der Waals surface area contributed by atoms with Crippen LogP contribution in [0.25, 0.3) is 22.3 Å². The van der Waals surface area contributed by atoms with E-state index in [0.29, 0.717) is 29.1 Å². The van der Waals surface area contributed by atoms with E-state index >= 15 is 0 Å². The average molecular weight is 361 g/mol. The quantitative estimate of drug-likeness (QED) is 0.576. The van der Waals surface area contributed by atoms with Gasteiger partial charge in [0.25, 0.3) is 0 Å². The lowest BCUT2D eigenvalue weighted by Crippen LogP contribution is -2.11. The summed E-state index contributed by atoms with van der Waals surface area (Å²) in [5.74, 6) is 1.23. The highest BCUT2D eigenvalue weighted by atomic mass is 35.5. The normalized spacial score (nSPS) is 10.3. The summed E-state index contributed by atoms with van der Waals surface area (Å²) in [4.78, 5) is 12.9. The molecule has 1 aromatic heterocycles. The fourth-order valence-corrected chi connectivity index (χ4v) is 2.56. The Labute approximate surface area is 152 Å². The Morgan fingerprint density at radius 1 is 1.04 bits per heavy atom. The minimum absolute atomic E-state index is 0. The highest BCUT2D eigenvalue weighted by Gasteiger charge is 2.19. The third-order valence-electron chi connectivity index (χ3n) is 3.84. The molecule has 0 saturated carbocycles. The van der Waals surface area contributed by atoms with Crippen LogP contribution in [0.3, 0.4) is 0 Å².